The summed E-state index contributed by atoms with van der Waals surface area (Å²) in [7, 11) is 0. The van der Waals surface area contributed by atoms with Crippen LogP contribution in [0.15, 0.2) is 24.3 Å². The molecular formula is C27H45Cl2NO2. The number of alkyl halides is 2. The zero-order chi connectivity index (χ0) is 23.3. The van der Waals surface area contributed by atoms with Crippen molar-refractivity contribution in [3.63, 3.8) is 0 Å². The zero-order valence-corrected chi connectivity index (χ0v) is 21.8. The molecule has 0 fully saturated rings. The highest BCUT2D eigenvalue weighted by atomic mass is 35.5. The van der Waals surface area contributed by atoms with Gasteiger partial charge < -0.3 is 9.64 Å². The maximum absolute atomic E-state index is 12.0. The Morgan fingerprint density at radius 3 is 1.69 bits per heavy atom. The van der Waals surface area contributed by atoms with Crippen LogP contribution in [0.3, 0.4) is 0 Å². The summed E-state index contributed by atoms with van der Waals surface area (Å²) in [5.74, 6) is 1.04. The number of nitrogens with zero attached hydrogens (tertiary/aromatic N) is 1. The smallest absolute Gasteiger partial charge is 0.306 e. The maximum atomic E-state index is 12.0. The van der Waals surface area contributed by atoms with E-state index in [9.17, 15) is 4.79 Å². The molecule has 32 heavy (non-hydrogen) atoms. The highest BCUT2D eigenvalue weighted by Gasteiger charge is 2.07. The van der Waals surface area contributed by atoms with Crippen LogP contribution in [0.25, 0.3) is 0 Å². The van der Waals surface area contributed by atoms with Gasteiger partial charge in [0.2, 0.25) is 0 Å². The topological polar surface area (TPSA) is 29.5 Å². The third-order valence-electron chi connectivity index (χ3n) is 5.89. The number of hydrogen-bond acceptors (Lipinski definition) is 3. The van der Waals surface area contributed by atoms with Crippen LogP contribution in [-0.2, 0) is 16.1 Å². The lowest BCUT2D eigenvalue weighted by molar-refractivity contribution is -0.145. The van der Waals surface area contributed by atoms with Crippen LogP contribution in [0.1, 0.15) is 102 Å². The number of benzene rings is 1. The number of anilines is 1. The molecule has 5 heteroatoms. The molecule has 1 aromatic rings. The van der Waals surface area contributed by atoms with Gasteiger partial charge in [-0.2, -0.15) is 0 Å². The van der Waals surface area contributed by atoms with Gasteiger partial charge in [0.05, 0.1) is 0 Å². The first kappa shape index (κ1) is 29.1. The van der Waals surface area contributed by atoms with E-state index in [1.165, 1.54) is 70.6 Å². The Labute approximate surface area is 207 Å². The van der Waals surface area contributed by atoms with E-state index in [1.807, 2.05) is 24.3 Å². The molecule has 0 saturated carbocycles. The summed E-state index contributed by atoms with van der Waals surface area (Å²) < 4.78 is 5.44. The number of halogens is 2. The Hall–Kier alpha value is -0.930. The molecule has 0 saturated heterocycles. The Morgan fingerprint density at radius 2 is 1.22 bits per heavy atom. The third-order valence-corrected chi connectivity index (χ3v) is 6.23. The Balaban J connectivity index is 2.02. The molecule has 0 aliphatic heterocycles. The first-order valence-electron chi connectivity index (χ1n) is 12.8. The van der Waals surface area contributed by atoms with Crippen LogP contribution in [0.5, 0.6) is 0 Å². The molecule has 1 aromatic carbocycles. The SMILES string of the molecule is CCCCCCCCCCCCCCCC(=O)OCc1ccc(N(CCCl)CCCl)cc1. The van der Waals surface area contributed by atoms with Crippen molar-refractivity contribution < 1.29 is 9.53 Å². The molecule has 0 radical (unpaired) electrons. The summed E-state index contributed by atoms with van der Waals surface area (Å²) in [5, 5.41) is 0. The molecule has 0 aliphatic rings. The standard InChI is InChI=1S/C27H45Cl2NO2/c1-2-3-4-5-6-7-8-9-10-11-12-13-14-15-27(31)32-24-25-16-18-26(19-17-25)30(22-20-28)23-21-29/h16-19H,2-15,20-24H2,1H3. The average Bonchev–Trinajstić information content (AvgIpc) is 2.81. The van der Waals surface area contributed by atoms with E-state index < -0.39 is 0 Å². The minimum Gasteiger partial charge on any atom is -0.461 e. The molecule has 184 valence electrons. The van der Waals surface area contributed by atoms with Crippen LogP contribution in [-0.4, -0.2) is 30.8 Å². The largest absolute Gasteiger partial charge is 0.461 e. The van der Waals surface area contributed by atoms with E-state index in [2.05, 4.69) is 11.8 Å². The summed E-state index contributed by atoms with van der Waals surface area (Å²) in [6, 6.07) is 8.08. The van der Waals surface area contributed by atoms with Crippen molar-refractivity contribution in [3.05, 3.63) is 29.8 Å². The first-order chi connectivity index (χ1) is 15.7. The minimum atomic E-state index is -0.0944. The molecule has 0 spiro atoms. The quantitative estimate of drug-likeness (QED) is 0.0991. The minimum absolute atomic E-state index is 0.0944. The summed E-state index contributed by atoms with van der Waals surface area (Å²) in [4.78, 5) is 14.2. The Morgan fingerprint density at radius 1 is 0.750 bits per heavy atom. The number of unbranched alkanes of at least 4 members (excludes halogenated alkanes) is 12. The van der Waals surface area contributed by atoms with Crippen molar-refractivity contribution >= 4 is 34.9 Å². The molecule has 1 rings (SSSR count). The molecule has 0 N–H and O–H groups in total. The van der Waals surface area contributed by atoms with Gasteiger partial charge in [0.1, 0.15) is 6.61 Å². The van der Waals surface area contributed by atoms with Gasteiger partial charge in [-0.25, -0.2) is 0 Å². The molecular weight excluding hydrogens is 441 g/mol. The molecule has 0 unspecified atom stereocenters. The average molecular weight is 487 g/mol. The van der Waals surface area contributed by atoms with Crippen molar-refractivity contribution in [1.29, 1.82) is 0 Å². The lowest BCUT2D eigenvalue weighted by Gasteiger charge is -2.23. The predicted molar refractivity (Wildman–Crippen MR) is 140 cm³/mol. The Kier molecular flexibility index (Phi) is 18.8. The number of carbonyl (C=O) groups is 1. The van der Waals surface area contributed by atoms with Crippen molar-refractivity contribution in [2.75, 3.05) is 29.7 Å². The van der Waals surface area contributed by atoms with Gasteiger partial charge in [0.15, 0.2) is 0 Å². The summed E-state index contributed by atoms with van der Waals surface area (Å²) >= 11 is 11.7. The van der Waals surface area contributed by atoms with E-state index in [0.717, 1.165) is 37.2 Å². The third kappa shape index (κ3) is 15.0. The number of esters is 1. The second kappa shape index (κ2) is 20.7. The molecule has 0 bridgehead atoms. The van der Waals surface area contributed by atoms with Crippen LogP contribution < -0.4 is 4.90 Å². The number of ether oxygens (including phenoxy) is 1. The van der Waals surface area contributed by atoms with Crippen LogP contribution >= 0.6 is 23.2 Å². The lowest BCUT2D eigenvalue weighted by Crippen LogP contribution is -2.27. The van der Waals surface area contributed by atoms with Gasteiger partial charge in [-0.1, -0.05) is 96.1 Å². The van der Waals surface area contributed by atoms with Gasteiger partial charge in [-0.15, -0.1) is 23.2 Å². The predicted octanol–water partition coefficient (Wildman–Crippen LogP) is 8.50. The normalized spacial score (nSPS) is 11.0. The molecule has 0 heterocycles. The molecule has 0 atom stereocenters. The fraction of sp³-hybridized carbons (Fsp3) is 0.741. The van der Waals surface area contributed by atoms with Crippen LogP contribution in [0.4, 0.5) is 5.69 Å². The summed E-state index contributed by atoms with van der Waals surface area (Å²) in [6.07, 6.45) is 17.5. The second-order valence-corrected chi connectivity index (χ2v) is 9.44. The monoisotopic (exact) mass is 485 g/mol. The number of carbonyl (C=O) groups excluding carboxylic acids is 1. The van der Waals surface area contributed by atoms with Crippen molar-refractivity contribution in [2.45, 2.75) is 103 Å². The summed E-state index contributed by atoms with van der Waals surface area (Å²) in [6.45, 7) is 4.14. The van der Waals surface area contributed by atoms with E-state index in [-0.39, 0.29) is 5.97 Å². The second-order valence-electron chi connectivity index (χ2n) is 8.68. The van der Waals surface area contributed by atoms with Gasteiger partial charge >= 0.3 is 5.97 Å². The highest BCUT2D eigenvalue weighted by molar-refractivity contribution is 6.18. The zero-order valence-electron chi connectivity index (χ0n) is 20.3. The van der Waals surface area contributed by atoms with Crippen LogP contribution in [0.2, 0.25) is 0 Å². The fourth-order valence-corrected chi connectivity index (χ4v) is 4.31. The van der Waals surface area contributed by atoms with Gasteiger partial charge in [0.25, 0.3) is 0 Å². The Bertz CT molecular complexity index is 559. The van der Waals surface area contributed by atoms with E-state index in [4.69, 9.17) is 27.9 Å². The number of hydrogen-bond donors (Lipinski definition) is 0. The number of rotatable bonds is 21. The lowest BCUT2D eigenvalue weighted by atomic mass is 10.0. The fourth-order valence-electron chi connectivity index (χ4n) is 3.90. The molecule has 0 amide bonds. The molecule has 0 aromatic heterocycles. The first-order valence-corrected chi connectivity index (χ1v) is 13.9. The molecule has 3 nitrogen and oxygen atoms in total. The van der Waals surface area contributed by atoms with Crippen molar-refractivity contribution in [1.82, 2.24) is 0 Å². The van der Waals surface area contributed by atoms with Crippen molar-refractivity contribution in [2.24, 2.45) is 0 Å². The van der Waals surface area contributed by atoms with E-state index in [1.54, 1.807) is 0 Å². The maximum Gasteiger partial charge on any atom is 0.306 e. The van der Waals surface area contributed by atoms with E-state index in [0.29, 0.717) is 24.8 Å². The molecule has 0 aliphatic carbocycles. The van der Waals surface area contributed by atoms with Crippen LogP contribution in [0, 0.1) is 0 Å². The summed E-state index contributed by atoms with van der Waals surface area (Å²) in [5.41, 5.74) is 2.09. The van der Waals surface area contributed by atoms with Gasteiger partial charge in [-0.3, -0.25) is 4.79 Å². The van der Waals surface area contributed by atoms with Gasteiger partial charge in [-0.05, 0) is 24.1 Å². The van der Waals surface area contributed by atoms with Gasteiger partial charge in [0, 0.05) is 37.0 Å². The highest BCUT2D eigenvalue weighted by Crippen LogP contribution is 2.17. The van der Waals surface area contributed by atoms with Crippen molar-refractivity contribution in [3.8, 4) is 0 Å². The van der Waals surface area contributed by atoms with E-state index >= 15 is 0 Å².